The molecule has 3 heteroatoms. The van der Waals surface area contributed by atoms with Gasteiger partial charge >= 0.3 is 0 Å². The molecule has 0 fully saturated rings. The molecule has 2 heterocycles. The van der Waals surface area contributed by atoms with Gasteiger partial charge in [-0.1, -0.05) is 54.1 Å². The van der Waals surface area contributed by atoms with Gasteiger partial charge in [-0.25, -0.2) is 0 Å². The molecule has 144 valence electrons. The van der Waals surface area contributed by atoms with E-state index in [4.69, 9.17) is 16.3 Å². The number of anilines is 1. The van der Waals surface area contributed by atoms with Gasteiger partial charge in [0.15, 0.2) is 0 Å². The molecule has 0 saturated carbocycles. The Bertz CT molecular complexity index is 1190. The van der Waals surface area contributed by atoms with Gasteiger partial charge < -0.3 is 10.1 Å². The minimum absolute atomic E-state index is 0.0845. The largest absolute Gasteiger partial charge is 0.456 e. The number of fused-ring (bicyclic) bond motifs is 5. The summed E-state index contributed by atoms with van der Waals surface area (Å²) in [5.74, 6) is 1.73. The fourth-order valence-corrected chi connectivity index (χ4v) is 4.48. The normalized spacial score (nSPS) is 17.4. The molecular weight excluding hydrogens is 378 g/mol. The highest BCUT2D eigenvalue weighted by Gasteiger charge is 2.30. The lowest BCUT2D eigenvalue weighted by molar-refractivity contribution is 0.514. The third-order valence-corrected chi connectivity index (χ3v) is 5.70. The highest BCUT2D eigenvalue weighted by atomic mass is 35.5. The molecule has 0 bridgehead atoms. The van der Waals surface area contributed by atoms with E-state index in [-0.39, 0.29) is 5.54 Å². The SMILES string of the molecule is CC1=CC(C)(C)Nc2ccc3c(c21)/C(=C/c1ccc(Cl)cc1)Oc1ccccc1-3. The summed E-state index contributed by atoms with van der Waals surface area (Å²) in [5, 5.41) is 4.38. The Labute approximate surface area is 176 Å². The van der Waals surface area contributed by atoms with Crippen LogP contribution in [-0.4, -0.2) is 5.54 Å². The summed E-state index contributed by atoms with van der Waals surface area (Å²) in [4.78, 5) is 0. The summed E-state index contributed by atoms with van der Waals surface area (Å²) in [6.07, 6.45) is 4.38. The number of ether oxygens (including phenoxy) is 1. The van der Waals surface area contributed by atoms with Crippen molar-refractivity contribution < 1.29 is 4.74 Å². The van der Waals surface area contributed by atoms with Crippen LogP contribution in [0.5, 0.6) is 5.75 Å². The zero-order valence-corrected chi connectivity index (χ0v) is 17.5. The molecule has 0 amide bonds. The second-order valence-electron chi connectivity index (χ2n) is 8.24. The Balaban J connectivity index is 1.78. The van der Waals surface area contributed by atoms with Crippen LogP contribution in [0.15, 0.2) is 66.7 Å². The second-order valence-corrected chi connectivity index (χ2v) is 8.68. The Hall–Kier alpha value is -2.97. The van der Waals surface area contributed by atoms with Crippen molar-refractivity contribution in [1.82, 2.24) is 0 Å². The van der Waals surface area contributed by atoms with Gasteiger partial charge in [-0.15, -0.1) is 0 Å². The number of hydrogen-bond donors (Lipinski definition) is 1. The monoisotopic (exact) mass is 399 g/mol. The molecular formula is C26H22ClNO. The van der Waals surface area contributed by atoms with E-state index in [2.05, 4.69) is 62.5 Å². The van der Waals surface area contributed by atoms with E-state index in [1.165, 1.54) is 16.7 Å². The predicted molar refractivity (Wildman–Crippen MR) is 123 cm³/mol. The third-order valence-electron chi connectivity index (χ3n) is 5.45. The van der Waals surface area contributed by atoms with Crippen LogP contribution in [0.4, 0.5) is 5.69 Å². The standard InChI is InChI=1S/C26H22ClNO/c1-16-15-26(2,3)28-21-13-12-20-19-6-4-5-7-22(19)29-23(25(20)24(16)21)14-17-8-10-18(27)11-9-17/h4-15,28H,1-3H3/b23-14-. The molecule has 5 rings (SSSR count). The van der Waals surface area contributed by atoms with Gasteiger partial charge in [0.2, 0.25) is 0 Å². The van der Waals surface area contributed by atoms with Crippen molar-refractivity contribution in [1.29, 1.82) is 0 Å². The number of benzene rings is 3. The summed E-state index contributed by atoms with van der Waals surface area (Å²) in [6.45, 7) is 6.56. The molecule has 29 heavy (non-hydrogen) atoms. The van der Waals surface area contributed by atoms with Crippen LogP contribution in [0.2, 0.25) is 5.02 Å². The summed E-state index contributed by atoms with van der Waals surface area (Å²) in [5.41, 5.74) is 8.02. The van der Waals surface area contributed by atoms with Gasteiger partial charge in [0.05, 0.1) is 5.54 Å². The van der Waals surface area contributed by atoms with Gasteiger partial charge in [0, 0.05) is 27.4 Å². The smallest absolute Gasteiger partial charge is 0.136 e. The third kappa shape index (κ3) is 3.14. The van der Waals surface area contributed by atoms with Crippen LogP contribution in [0, 0.1) is 0 Å². The molecule has 0 aromatic heterocycles. The highest BCUT2D eigenvalue weighted by molar-refractivity contribution is 6.30. The number of allylic oxidation sites excluding steroid dienone is 1. The van der Waals surface area contributed by atoms with Crippen LogP contribution >= 0.6 is 11.6 Å². The van der Waals surface area contributed by atoms with Crippen molar-refractivity contribution in [2.75, 3.05) is 5.32 Å². The lowest BCUT2D eigenvalue weighted by Crippen LogP contribution is -2.32. The lowest BCUT2D eigenvalue weighted by Gasteiger charge is -2.35. The van der Waals surface area contributed by atoms with E-state index in [0.29, 0.717) is 0 Å². The summed E-state index contributed by atoms with van der Waals surface area (Å²) < 4.78 is 6.43. The first kappa shape index (κ1) is 18.1. The van der Waals surface area contributed by atoms with Gasteiger partial charge in [-0.05, 0) is 67.8 Å². The molecule has 3 aromatic rings. The van der Waals surface area contributed by atoms with Crippen molar-refractivity contribution in [2.24, 2.45) is 0 Å². The van der Waals surface area contributed by atoms with E-state index in [1.807, 2.05) is 36.4 Å². The van der Waals surface area contributed by atoms with Crippen LogP contribution in [0.25, 0.3) is 28.5 Å². The molecule has 3 aromatic carbocycles. The first-order valence-electron chi connectivity index (χ1n) is 9.81. The number of halogens is 1. The molecule has 0 aliphatic carbocycles. The summed E-state index contributed by atoms with van der Waals surface area (Å²) >= 11 is 6.08. The number of nitrogens with one attached hydrogen (secondary N) is 1. The van der Waals surface area contributed by atoms with Crippen molar-refractivity contribution in [2.45, 2.75) is 26.3 Å². The lowest BCUT2D eigenvalue weighted by atomic mass is 9.83. The van der Waals surface area contributed by atoms with Crippen LogP contribution < -0.4 is 10.1 Å². The van der Waals surface area contributed by atoms with Gasteiger partial charge in [-0.2, -0.15) is 0 Å². The fraction of sp³-hybridized carbons (Fsp3) is 0.154. The Morgan fingerprint density at radius 3 is 2.45 bits per heavy atom. The minimum Gasteiger partial charge on any atom is -0.456 e. The van der Waals surface area contributed by atoms with E-state index < -0.39 is 0 Å². The van der Waals surface area contributed by atoms with Gasteiger partial charge in [-0.3, -0.25) is 0 Å². The van der Waals surface area contributed by atoms with Crippen molar-refractivity contribution in [3.05, 3.63) is 88.5 Å². The topological polar surface area (TPSA) is 21.3 Å². The van der Waals surface area contributed by atoms with E-state index >= 15 is 0 Å². The first-order chi connectivity index (χ1) is 13.9. The maximum absolute atomic E-state index is 6.43. The molecule has 0 atom stereocenters. The average molecular weight is 400 g/mol. The summed E-state index contributed by atoms with van der Waals surface area (Å²) in [6, 6.07) is 20.4. The van der Waals surface area contributed by atoms with Crippen LogP contribution in [0.3, 0.4) is 0 Å². The fourth-order valence-electron chi connectivity index (χ4n) is 4.35. The van der Waals surface area contributed by atoms with Gasteiger partial charge in [0.1, 0.15) is 11.5 Å². The zero-order valence-electron chi connectivity index (χ0n) is 16.7. The van der Waals surface area contributed by atoms with Crippen LogP contribution in [-0.2, 0) is 0 Å². The number of rotatable bonds is 1. The quantitative estimate of drug-likeness (QED) is 0.457. The predicted octanol–water partition coefficient (Wildman–Crippen LogP) is 7.50. The Kier molecular flexibility index (Phi) is 4.07. The Morgan fingerprint density at radius 2 is 1.66 bits per heavy atom. The maximum Gasteiger partial charge on any atom is 0.136 e. The van der Waals surface area contributed by atoms with Crippen LogP contribution in [0.1, 0.15) is 37.5 Å². The molecule has 0 spiro atoms. The second kappa shape index (κ2) is 6.53. The summed E-state index contributed by atoms with van der Waals surface area (Å²) in [7, 11) is 0. The molecule has 2 nitrogen and oxygen atoms in total. The molecule has 2 aliphatic rings. The minimum atomic E-state index is -0.0845. The molecule has 0 saturated heterocycles. The van der Waals surface area contributed by atoms with E-state index in [0.717, 1.165) is 38.9 Å². The average Bonchev–Trinajstić information content (AvgIpc) is 2.68. The molecule has 0 radical (unpaired) electrons. The van der Waals surface area contributed by atoms with Crippen molar-refractivity contribution in [3.8, 4) is 16.9 Å². The van der Waals surface area contributed by atoms with Gasteiger partial charge in [0.25, 0.3) is 0 Å². The number of hydrogen-bond acceptors (Lipinski definition) is 2. The maximum atomic E-state index is 6.43. The molecule has 1 N–H and O–H groups in total. The zero-order chi connectivity index (χ0) is 20.2. The van der Waals surface area contributed by atoms with E-state index in [1.54, 1.807) is 0 Å². The Morgan fingerprint density at radius 1 is 0.897 bits per heavy atom. The molecule has 0 unspecified atom stereocenters. The first-order valence-corrected chi connectivity index (χ1v) is 10.2. The highest BCUT2D eigenvalue weighted by Crippen LogP contribution is 2.49. The van der Waals surface area contributed by atoms with Crippen molar-refractivity contribution >= 4 is 34.7 Å². The molecule has 2 aliphatic heterocycles. The van der Waals surface area contributed by atoms with E-state index in [9.17, 15) is 0 Å². The number of para-hydroxylation sites is 1. The van der Waals surface area contributed by atoms with Crippen molar-refractivity contribution in [3.63, 3.8) is 0 Å².